The Morgan fingerprint density at radius 2 is 1.17 bits per heavy atom. The van der Waals surface area contributed by atoms with Crippen LogP contribution in [0.5, 0.6) is 0 Å². The van der Waals surface area contributed by atoms with E-state index in [4.69, 9.17) is 19.7 Å². The van der Waals surface area contributed by atoms with Gasteiger partial charge in [0.05, 0.1) is 50.8 Å². The topological polar surface area (TPSA) is 126 Å². The second-order valence-corrected chi connectivity index (χ2v) is 4.45. The Labute approximate surface area is 106 Å². The van der Waals surface area contributed by atoms with Crippen LogP contribution in [0, 0.1) is 0 Å². The Kier molecular flexibility index (Phi) is 7.02. The van der Waals surface area contributed by atoms with E-state index in [0.717, 1.165) is 0 Å². The molecule has 0 spiro atoms. The maximum Gasteiger partial charge on any atom is 0.106 e. The molecule has 0 aromatic rings. The third-order valence-corrected chi connectivity index (χ3v) is 2.70. The van der Waals surface area contributed by atoms with Crippen LogP contribution >= 0.6 is 0 Å². The summed E-state index contributed by atoms with van der Waals surface area (Å²) in [6.07, 6.45) is -2.00. The summed E-state index contributed by atoms with van der Waals surface area (Å²) in [6.45, 7) is 1.04. The molecule has 2 rings (SSSR count). The van der Waals surface area contributed by atoms with Crippen LogP contribution in [-0.4, -0.2) is 82.5 Å². The fraction of sp³-hybridized carbons (Fsp3) is 1.00. The lowest BCUT2D eigenvalue weighted by Crippen LogP contribution is -2.38. The smallest absolute Gasteiger partial charge is 0.106 e. The number of aliphatic hydroxyl groups is 5. The zero-order chi connectivity index (χ0) is 13.5. The summed E-state index contributed by atoms with van der Waals surface area (Å²) < 4.78 is 9.85. The van der Waals surface area contributed by atoms with Gasteiger partial charge in [-0.15, -0.1) is 0 Å². The molecule has 2 saturated heterocycles. The highest BCUT2D eigenvalue weighted by Crippen LogP contribution is 2.22. The number of rotatable bonds is 7. The van der Waals surface area contributed by atoms with Crippen LogP contribution in [0.25, 0.3) is 0 Å². The van der Waals surface area contributed by atoms with Crippen molar-refractivity contribution in [3.63, 3.8) is 0 Å². The normalized spacial score (nSPS) is 29.8. The van der Waals surface area contributed by atoms with Crippen LogP contribution in [0.3, 0.4) is 0 Å². The molecule has 7 heteroatoms. The van der Waals surface area contributed by atoms with Crippen molar-refractivity contribution in [3.8, 4) is 0 Å². The van der Waals surface area contributed by atoms with Crippen molar-refractivity contribution < 1.29 is 35.0 Å². The molecule has 0 aliphatic carbocycles. The van der Waals surface area contributed by atoms with Gasteiger partial charge < -0.3 is 35.0 Å². The van der Waals surface area contributed by atoms with Gasteiger partial charge in [-0.1, -0.05) is 0 Å². The minimum Gasteiger partial charge on any atom is -0.394 e. The van der Waals surface area contributed by atoms with Gasteiger partial charge in [0, 0.05) is 12.8 Å². The van der Waals surface area contributed by atoms with E-state index in [1.807, 2.05) is 0 Å². The van der Waals surface area contributed by atoms with E-state index < -0.39 is 18.3 Å². The van der Waals surface area contributed by atoms with Gasteiger partial charge in [-0.2, -0.15) is 0 Å². The van der Waals surface area contributed by atoms with Crippen molar-refractivity contribution in [2.45, 2.75) is 43.4 Å². The number of epoxide rings is 2. The van der Waals surface area contributed by atoms with E-state index in [2.05, 4.69) is 0 Å². The second kappa shape index (κ2) is 8.00. The van der Waals surface area contributed by atoms with Gasteiger partial charge in [-0.3, -0.25) is 0 Å². The summed E-state index contributed by atoms with van der Waals surface area (Å²) in [5.41, 5.74) is 0. The molecule has 2 fully saturated rings. The summed E-state index contributed by atoms with van der Waals surface area (Å²) in [6, 6.07) is 0. The first-order valence-corrected chi connectivity index (χ1v) is 6.07. The summed E-state index contributed by atoms with van der Waals surface area (Å²) in [7, 11) is 0. The minimum atomic E-state index is -1.09. The van der Waals surface area contributed by atoms with Crippen molar-refractivity contribution in [1.82, 2.24) is 0 Å². The van der Waals surface area contributed by atoms with Crippen molar-refractivity contribution in [2.75, 3.05) is 26.4 Å². The molecule has 4 atom stereocenters. The molecule has 2 aliphatic heterocycles. The molecule has 0 aromatic carbocycles. The standard InChI is InChI=1S/C9H16O5.C2H6O2/c10-7(1-5-3-13-5)9(12)8(11)2-6-4-14-6;3-1-2-4/h5-12H,1-4H2;3-4H,1-2H2. The first-order chi connectivity index (χ1) is 8.58. The maximum atomic E-state index is 9.53. The highest BCUT2D eigenvalue weighted by Gasteiger charge is 2.35. The van der Waals surface area contributed by atoms with Gasteiger partial charge >= 0.3 is 0 Å². The number of hydrogen-bond donors (Lipinski definition) is 5. The van der Waals surface area contributed by atoms with Crippen molar-refractivity contribution in [2.24, 2.45) is 0 Å². The van der Waals surface area contributed by atoms with Crippen LogP contribution in [0.2, 0.25) is 0 Å². The first kappa shape index (κ1) is 15.8. The van der Waals surface area contributed by atoms with E-state index in [9.17, 15) is 15.3 Å². The summed E-state index contributed by atoms with van der Waals surface area (Å²) >= 11 is 0. The Balaban J connectivity index is 0.000000357. The molecule has 0 saturated carbocycles. The predicted molar refractivity (Wildman–Crippen MR) is 60.9 cm³/mol. The van der Waals surface area contributed by atoms with Crippen LogP contribution in [-0.2, 0) is 9.47 Å². The minimum absolute atomic E-state index is 0.0593. The first-order valence-electron chi connectivity index (χ1n) is 6.07. The summed E-state index contributed by atoms with van der Waals surface area (Å²) in [4.78, 5) is 0. The van der Waals surface area contributed by atoms with Crippen LogP contribution in [0.1, 0.15) is 12.8 Å². The molecule has 18 heavy (non-hydrogen) atoms. The summed E-state index contributed by atoms with van der Waals surface area (Å²) in [5, 5.41) is 43.8. The van der Waals surface area contributed by atoms with Crippen LogP contribution in [0.4, 0.5) is 0 Å². The van der Waals surface area contributed by atoms with E-state index in [1.54, 1.807) is 0 Å². The summed E-state index contributed by atoms with van der Waals surface area (Å²) in [5.74, 6) is 0. The lowest BCUT2D eigenvalue weighted by atomic mass is 10.0. The van der Waals surface area contributed by atoms with E-state index >= 15 is 0 Å². The highest BCUT2D eigenvalue weighted by molar-refractivity contribution is 4.84. The molecular formula is C11H22O7. The maximum absolute atomic E-state index is 9.53. The van der Waals surface area contributed by atoms with Gasteiger partial charge in [0.1, 0.15) is 6.10 Å². The van der Waals surface area contributed by atoms with E-state index in [1.165, 1.54) is 0 Å². The Morgan fingerprint density at radius 1 is 0.833 bits per heavy atom. The molecule has 2 heterocycles. The zero-order valence-corrected chi connectivity index (χ0v) is 10.2. The molecule has 7 nitrogen and oxygen atoms in total. The van der Waals surface area contributed by atoms with Crippen molar-refractivity contribution in [3.05, 3.63) is 0 Å². The molecule has 0 aromatic heterocycles. The second-order valence-electron chi connectivity index (χ2n) is 4.45. The Hall–Kier alpha value is -0.280. The van der Waals surface area contributed by atoms with Crippen molar-refractivity contribution in [1.29, 1.82) is 0 Å². The third kappa shape index (κ3) is 6.60. The average molecular weight is 266 g/mol. The molecule has 2 aliphatic rings. The van der Waals surface area contributed by atoms with Crippen molar-refractivity contribution >= 4 is 0 Å². The SMILES string of the molecule is OC(CC1CO1)C(O)C(O)CC1CO1.OCCO. The van der Waals surface area contributed by atoms with E-state index in [-0.39, 0.29) is 25.4 Å². The molecule has 108 valence electrons. The Morgan fingerprint density at radius 3 is 1.39 bits per heavy atom. The molecule has 5 N–H and O–H groups in total. The van der Waals surface area contributed by atoms with Gasteiger partial charge in [0.25, 0.3) is 0 Å². The zero-order valence-electron chi connectivity index (χ0n) is 10.2. The Bertz CT molecular complexity index is 195. The third-order valence-electron chi connectivity index (χ3n) is 2.70. The monoisotopic (exact) mass is 266 g/mol. The molecule has 0 bridgehead atoms. The van der Waals surface area contributed by atoms with E-state index in [0.29, 0.717) is 26.1 Å². The number of hydrogen-bond acceptors (Lipinski definition) is 7. The number of aliphatic hydroxyl groups excluding tert-OH is 5. The molecule has 4 unspecified atom stereocenters. The fourth-order valence-corrected chi connectivity index (χ4v) is 1.48. The lowest BCUT2D eigenvalue weighted by Gasteiger charge is -2.21. The lowest BCUT2D eigenvalue weighted by molar-refractivity contribution is -0.0676. The van der Waals surface area contributed by atoms with Gasteiger partial charge in [-0.05, 0) is 0 Å². The quantitative estimate of drug-likeness (QED) is 0.326. The van der Waals surface area contributed by atoms with Gasteiger partial charge in [0.2, 0.25) is 0 Å². The van der Waals surface area contributed by atoms with Gasteiger partial charge in [-0.25, -0.2) is 0 Å². The predicted octanol–water partition coefficient (Wildman–Crippen LogP) is -2.38. The largest absolute Gasteiger partial charge is 0.394 e. The van der Waals surface area contributed by atoms with Crippen LogP contribution < -0.4 is 0 Å². The molecule has 0 radical (unpaired) electrons. The molecular weight excluding hydrogens is 244 g/mol. The number of ether oxygens (including phenoxy) is 2. The average Bonchev–Trinajstić information content (AvgIpc) is 3.24. The fourth-order valence-electron chi connectivity index (χ4n) is 1.48. The molecule has 0 amide bonds. The highest BCUT2D eigenvalue weighted by atomic mass is 16.6. The van der Waals surface area contributed by atoms with Crippen LogP contribution in [0.15, 0.2) is 0 Å². The van der Waals surface area contributed by atoms with Gasteiger partial charge in [0.15, 0.2) is 0 Å².